The molecule has 0 aromatic rings. The predicted molar refractivity (Wildman–Crippen MR) is 67.0 cm³/mol. The molecule has 0 unspecified atom stereocenters. The highest BCUT2D eigenvalue weighted by molar-refractivity contribution is 5.90. The van der Waals surface area contributed by atoms with Gasteiger partial charge in [-0.1, -0.05) is 0 Å². The fourth-order valence-corrected chi connectivity index (χ4v) is 1.04. The molecule has 0 saturated carbocycles. The fraction of sp³-hybridized carbons (Fsp3) is 0.417. The third kappa shape index (κ3) is 10.6. The van der Waals surface area contributed by atoms with Crippen molar-refractivity contribution in [3.05, 3.63) is 12.2 Å². The van der Waals surface area contributed by atoms with E-state index in [-0.39, 0.29) is 25.8 Å². The van der Waals surface area contributed by atoms with Gasteiger partial charge in [0.1, 0.15) is 12.6 Å². The smallest absolute Gasteiger partial charge is 0.332 e. The molecule has 0 aromatic heterocycles. The van der Waals surface area contributed by atoms with Gasteiger partial charge in [0.05, 0.1) is 0 Å². The van der Waals surface area contributed by atoms with Crippen molar-refractivity contribution in [3.63, 3.8) is 0 Å². The zero-order valence-corrected chi connectivity index (χ0v) is 10.8. The Balaban J connectivity index is 3.61. The molecule has 2 N–H and O–H groups in total. The summed E-state index contributed by atoms with van der Waals surface area (Å²) in [6.07, 6.45) is 3.53. The Morgan fingerprint density at radius 3 is 2.50 bits per heavy atom. The molecule has 0 heterocycles. The summed E-state index contributed by atoms with van der Waals surface area (Å²) < 4.78 is 0. The van der Waals surface area contributed by atoms with E-state index in [4.69, 9.17) is 0 Å². The lowest BCUT2D eigenvalue weighted by Gasteiger charge is -2.05. The lowest BCUT2D eigenvalue weighted by atomic mass is 10.3. The first kappa shape index (κ1) is 17.5. The molecule has 0 spiro atoms. The Labute approximate surface area is 115 Å². The van der Waals surface area contributed by atoms with E-state index in [2.05, 4.69) is 10.2 Å². The summed E-state index contributed by atoms with van der Waals surface area (Å²) in [4.78, 5) is 57.5. The van der Waals surface area contributed by atoms with Gasteiger partial charge in [-0.3, -0.25) is 14.4 Å². The highest BCUT2D eigenvalue weighted by Crippen LogP contribution is 1.91. The first-order valence-electron chi connectivity index (χ1n) is 5.92. The molecule has 0 atom stereocenters. The molecule has 8 heteroatoms. The first-order valence-corrected chi connectivity index (χ1v) is 5.92. The van der Waals surface area contributed by atoms with Crippen molar-refractivity contribution < 1.29 is 28.8 Å². The number of allylic oxidation sites excluding steroid dienone is 1. The standard InChI is InChI=1S/C12H16N2O6/c15-8-2-4-10(17)13-7-1-6-12(19)20-14-11(18)5-3-9-16/h2,4,8-9H,1,3,5-7H2,(H,13,17)(H,14,18)/b4-2-. The average Bonchev–Trinajstić information content (AvgIpc) is 2.45. The van der Waals surface area contributed by atoms with Crippen molar-refractivity contribution in [1.82, 2.24) is 10.8 Å². The van der Waals surface area contributed by atoms with E-state index in [0.717, 1.165) is 12.2 Å². The highest BCUT2D eigenvalue weighted by atomic mass is 16.7. The second-order valence-corrected chi connectivity index (χ2v) is 3.59. The maximum absolute atomic E-state index is 11.2. The molecular formula is C12H16N2O6. The van der Waals surface area contributed by atoms with Crippen LogP contribution in [0.4, 0.5) is 0 Å². The average molecular weight is 284 g/mol. The number of carbonyl (C=O) groups is 5. The lowest BCUT2D eigenvalue weighted by molar-refractivity contribution is -0.158. The SMILES string of the molecule is O=C/C=C\C(=O)NCCCC(=O)ONC(=O)CCC=O. The Bertz CT molecular complexity index is 391. The van der Waals surface area contributed by atoms with Gasteiger partial charge in [-0.25, -0.2) is 4.79 Å². The molecule has 0 radical (unpaired) electrons. The van der Waals surface area contributed by atoms with Crippen molar-refractivity contribution in [3.8, 4) is 0 Å². The fourth-order valence-electron chi connectivity index (χ4n) is 1.04. The summed E-state index contributed by atoms with van der Waals surface area (Å²) in [5.74, 6) is -1.65. The minimum Gasteiger partial charge on any atom is -0.353 e. The van der Waals surface area contributed by atoms with Crippen LogP contribution in [-0.4, -0.2) is 36.9 Å². The zero-order chi connectivity index (χ0) is 15.2. The summed E-state index contributed by atoms with van der Waals surface area (Å²) in [5.41, 5.74) is 1.91. The Kier molecular flexibility index (Phi) is 10.1. The highest BCUT2D eigenvalue weighted by Gasteiger charge is 2.06. The summed E-state index contributed by atoms with van der Waals surface area (Å²) in [7, 11) is 0. The number of carbonyl (C=O) groups excluding carboxylic acids is 5. The monoisotopic (exact) mass is 284 g/mol. The van der Waals surface area contributed by atoms with Gasteiger partial charge in [-0.2, -0.15) is 5.48 Å². The molecule has 0 aromatic carbocycles. The van der Waals surface area contributed by atoms with Crippen molar-refractivity contribution in [1.29, 1.82) is 0 Å². The number of nitrogens with one attached hydrogen (secondary N) is 2. The van der Waals surface area contributed by atoms with Crippen LogP contribution in [0.5, 0.6) is 0 Å². The van der Waals surface area contributed by atoms with Gasteiger partial charge in [0, 0.05) is 31.9 Å². The minimum atomic E-state index is -0.651. The molecule has 8 nitrogen and oxygen atoms in total. The maximum Gasteiger partial charge on any atom is 0.332 e. The van der Waals surface area contributed by atoms with Crippen LogP contribution in [0.2, 0.25) is 0 Å². The quantitative estimate of drug-likeness (QED) is 0.247. The van der Waals surface area contributed by atoms with E-state index >= 15 is 0 Å². The summed E-state index contributed by atoms with van der Waals surface area (Å²) >= 11 is 0. The topological polar surface area (TPSA) is 119 Å². The van der Waals surface area contributed by atoms with E-state index in [0.29, 0.717) is 19.0 Å². The Morgan fingerprint density at radius 2 is 1.85 bits per heavy atom. The van der Waals surface area contributed by atoms with Crippen LogP contribution < -0.4 is 10.8 Å². The third-order valence-corrected chi connectivity index (χ3v) is 1.95. The third-order valence-electron chi connectivity index (χ3n) is 1.95. The van der Waals surface area contributed by atoms with E-state index in [1.165, 1.54) is 0 Å². The van der Waals surface area contributed by atoms with E-state index in [1.807, 2.05) is 5.48 Å². The second kappa shape index (κ2) is 11.6. The summed E-state index contributed by atoms with van der Waals surface area (Å²) in [6, 6.07) is 0. The number of amides is 2. The van der Waals surface area contributed by atoms with Crippen LogP contribution in [0.3, 0.4) is 0 Å². The number of rotatable bonds is 9. The summed E-state index contributed by atoms with van der Waals surface area (Å²) in [6.45, 7) is 0.232. The van der Waals surface area contributed by atoms with Gasteiger partial charge in [-0.15, -0.1) is 0 Å². The Hall–Kier alpha value is -2.51. The number of hydrogen-bond donors (Lipinski definition) is 2. The molecule has 0 aliphatic carbocycles. The van der Waals surface area contributed by atoms with Crippen LogP contribution in [0, 0.1) is 0 Å². The molecular weight excluding hydrogens is 268 g/mol. The first-order chi connectivity index (χ1) is 9.60. The molecule has 0 fully saturated rings. The molecule has 0 aliphatic heterocycles. The largest absolute Gasteiger partial charge is 0.353 e. The molecule has 0 saturated heterocycles. The molecule has 110 valence electrons. The van der Waals surface area contributed by atoms with E-state index < -0.39 is 17.8 Å². The molecule has 0 aliphatic rings. The Morgan fingerprint density at radius 1 is 1.10 bits per heavy atom. The lowest BCUT2D eigenvalue weighted by Crippen LogP contribution is -2.28. The van der Waals surface area contributed by atoms with Gasteiger partial charge >= 0.3 is 5.97 Å². The van der Waals surface area contributed by atoms with Gasteiger partial charge < -0.3 is 14.9 Å². The van der Waals surface area contributed by atoms with Gasteiger partial charge in [0.25, 0.3) is 5.91 Å². The van der Waals surface area contributed by atoms with Crippen LogP contribution in [0.1, 0.15) is 25.7 Å². The van der Waals surface area contributed by atoms with Crippen molar-refractivity contribution >= 4 is 30.4 Å². The van der Waals surface area contributed by atoms with E-state index in [9.17, 15) is 24.0 Å². The van der Waals surface area contributed by atoms with Crippen LogP contribution in [-0.2, 0) is 28.8 Å². The van der Waals surface area contributed by atoms with E-state index in [1.54, 1.807) is 0 Å². The molecule has 0 bridgehead atoms. The van der Waals surface area contributed by atoms with Crippen LogP contribution in [0.15, 0.2) is 12.2 Å². The summed E-state index contributed by atoms with van der Waals surface area (Å²) in [5, 5.41) is 2.45. The van der Waals surface area contributed by atoms with Crippen molar-refractivity contribution in [2.75, 3.05) is 6.54 Å². The number of hydrogen-bond acceptors (Lipinski definition) is 6. The number of aldehydes is 2. The maximum atomic E-state index is 11.2. The van der Waals surface area contributed by atoms with Gasteiger partial charge in [0.15, 0.2) is 0 Å². The minimum absolute atomic E-state index is 0.00559. The molecule has 20 heavy (non-hydrogen) atoms. The van der Waals surface area contributed by atoms with Crippen LogP contribution >= 0.6 is 0 Å². The van der Waals surface area contributed by atoms with Crippen LogP contribution in [0.25, 0.3) is 0 Å². The van der Waals surface area contributed by atoms with Gasteiger partial charge in [0.2, 0.25) is 5.91 Å². The predicted octanol–water partition coefficient (Wildman–Crippen LogP) is -0.809. The normalized spacial score (nSPS) is 9.80. The number of hydroxylamine groups is 1. The second-order valence-electron chi connectivity index (χ2n) is 3.59. The zero-order valence-electron chi connectivity index (χ0n) is 10.8. The van der Waals surface area contributed by atoms with Gasteiger partial charge in [-0.05, 0) is 12.5 Å². The van der Waals surface area contributed by atoms with Crippen molar-refractivity contribution in [2.45, 2.75) is 25.7 Å². The van der Waals surface area contributed by atoms with Crippen molar-refractivity contribution in [2.24, 2.45) is 0 Å². The molecule has 2 amide bonds. The molecule has 0 rings (SSSR count).